The maximum absolute atomic E-state index is 11.2. The molecule has 1 rings (SSSR count). The Kier molecular flexibility index (Phi) is 7.60. The zero-order valence-electron chi connectivity index (χ0n) is 9.28. The molecular weight excluding hydrogens is 192 g/mol. The number of nitriles is 1. The van der Waals surface area contributed by atoms with Crippen LogP contribution in [0.5, 0.6) is 0 Å². The van der Waals surface area contributed by atoms with Gasteiger partial charge in [0.2, 0.25) is 5.91 Å². The lowest BCUT2D eigenvalue weighted by molar-refractivity contribution is -0.132. The zero-order chi connectivity index (χ0) is 11.7. The molecule has 0 aromatic rings. The second-order valence-corrected chi connectivity index (χ2v) is 3.34. The summed E-state index contributed by atoms with van der Waals surface area (Å²) in [4.78, 5) is 12.8. The van der Waals surface area contributed by atoms with Crippen molar-refractivity contribution in [3.63, 3.8) is 0 Å². The minimum atomic E-state index is -0.241. The smallest absolute Gasteiger partial charge is 0.237 e. The first kappa shape index (κ1) is 13.9. The normalized spacial score (nSPS) is 19.9. The predicted molar refractivity (Wildman–Crippen MR) is 58.7 cm³/mol. The number of nitrogens with zero attached hydrogens (tertiary/aromatic N) is 2. The Morgan fingerprint density at radius 3 is 2.60 bits per heavy atom. The van der Waals surface area contributed by atoms with Crippen molar-refractivity contribution in [1.29, 1.82) is 5.26 Å². The van der Waals surface area contributed by atoms with Crippen LogP contribution >= 0.6 is 0 Å². The highest BCUT2D eigenvalue weighted by molar-refractivity contribution is 5.78. The van der Waals surface area contributed by atoms with Crippen molar-refractivity contribution in [1.82, 2.24) is 4.90 Å². The highest BCUT2D eigenvalue weighted by Gasteiger charge is 2.24. The Hall–Kier alpha value is -1.12. The van der Waals surface area contributed by atoms with Crippen LogP contribution in [0.25, 0.3) is 0 Å². The number of likely N-dealkylation sites (tertiary alicyclic amines) is 1. The highest BCUT2D eigenvalue weighted by atomic mass is 16.2. The molecule has 1 atom stereocenters. The summed E-state index contributed by atoms with van der Waals surface area (Å²) in [6.07, 6.45) is 2.82. The second-order valence-electron chi connectivity index (χ2n) is 3.34. The molecule has 0 aliphatic carbocycles. The van der Waals surface area contributed by atoms with Crippen LogP contribution in [0.4, 0.5) is 0 Å². The first-order valence-electron chi connectivity index (χ1n) is 5.30. The molecule has 1 saturated heterocycles. The van der Waals surface area contributed by atoms with Crippen LogP contribution < -0.4 is 11.5 Å². The van der Waals surface area contributed by atoms with Crippen LogP contribution in [0.3, 0.4) is 0 Å². The molecule has 5 heteroatoms. The van der Waals surface area contributed by atoms with E-state index in [0.717, 1.165) is 25.8 Å². The van der Waals surface area contributed by atoms with Crippen LogP contribution in [0.1, 0.15) is 26.2 Å². The molecule has 86 valence electrons. The highest BCUT2D eigenvalue weighted by Crippen LogP contribution is 2.15. The number of amides is 1. The van der Waals surface area contributed by atoms with Gasteiger partial charge in [0.25, 0.3) is 0 Å². The Morgan fingerprint density at radius 1 is 1.53 bits per heavy atom. The van der Waals surface area contributed by atoms with E-state index >= 15 is 0 Å². The lowest BCUT2D eigenvalue weighted by atomic mass is 10.0. The Labute approximate surface area is 91.0 Å². The van der Waals surface area contributed by atoms with Crippen LogP contribution in [0.15, 0.2) is 0 Å². The monoisotopic (exact) mass is 212 g/mol. The van der Waals surface area contributed by atoms with Crippen molar-refractivity contribution in [3.05, 3.63) is 0 Å². The van der Waals surface area contributed by atoms with E-state index in [2.05, 4.69) is 6.07 Å². The van der Waals surface area contributed by atoms with Gasteiger partial charge >= 0.3 is 0 Å². The molecule has 1 heterocycles. The fourth-order valence-electron chi connectivity index (χ4n) is 1.48. The first-order chi connectivity index (χ1) is 7.21. The van der Waals surface area contributed by atoms with E-state index in [-0.39, 0.29) is 18.5 Å². The van der Waals surface area contributed by atoms with Gasteiger partial charge in [0.05, 0.1) is 12.6 Å². The van der Waals surface area contributed by atoms with Crippen molar-refractivity contribution >= 4 is 5.91 Å². The Balaban J connectivity index is 0.000000583. The summed E-state index contributed by atoms with van der Waals surface area (Å²) in [5.41, 5.74) is 10.1. The van der Waals surface area contributed by atoms with Gasteiger partial charge in [-0.3, -0.25) is 4.79 Å². The maximum atomic E-state index is 11.2. The van der Waals surface area contributed by atoms with E-state index in [1.54, 1.807) is 4.90 Å². The van der Waals surface area contributed by atoms with Gasteiger partial charge in [-0.15, -0.1) is 0 Å². The van der Waals surface area contributed by atoms with Gasteiger partial charge in [-0.1, -0.05) is 6.92 Å². The average molecular weight is 212 g/mol. The van der Waals surface area contributed by atoms with Crippen molar-refractivity contribution in [2.45, 2.75) is 32.2 Å². The third kappa shape index (κ3) is 4.77. The summed E-state index contributed by atoms with van der Waals surface area (Å²) in [6, 6.07) is 1.88. The number of hydrogen-bond donors (Lipinski definition) is 2. The molecule has 0 saturated carbocycles. The molecule has 5 nitrogen and oxygen atoms in total. The van der Waals surface area contributed by atoms with Crippen LogP contribution in [-0.4, -0.2) is 36.5 Å². The summed E-state index contributed by atoms with van der Waals surface area (Å²) < 4.78 is 0. The van der Waals surface area contributed by atoms with Gasteiger partial charge in [0, 0.05) is 6.54 Å². The molecule has 1 fully saturated rings. The van der Waals surface area contributed by atoms with E-state index in [1.165, 1.54) is 0 Å². The molecule has 15 heavy (non-hydrogen) atoms. The molecular formula is C10H20N4O. The molecule has 1 aliphatic heterocycles. The summed E-state index contributed by atoms with van der Waals surface area (Å²) >= 11 is 0. The predicted octanol–water partition coefficient (Wildman–Crippen LogP) is -0.185. The third-order valence-corrected chi connectivity index (χ3v) is 2.15. The van der Waals surface area contributed by atoms with E-state index < -0.39 is 0 Å². The quantitative estimate of drug-likeness (QED) is 0.630. The molecule has 1 aliphatic rings. The van der Waals surface area contributed by atoms with E-state index in [1.807, 2.05) is 6.92 Å². The minimum absolute atomic E-state index is 0.0121. The fourth-order valence-corrected chi connectivity index (χ4v) is 1.48. The Bertz CT molecular complexity index is 224. The van der Waals surface area contributed by atoms with Crippen molar-refractivity contribution in [2.75, 3.05) is 19.6 Å². The number of carbonyl (C=O) groups excluding carboxylic acids is 1. The second kappa shape index (κ2) is 8.21. The standard InChI is InChI=1S/C8H13N3O.C2H7N/c9-5-7-3-1-2-4-11(7)8(12)6-10;1-2-3/h7H,1-4,6,10H2;2-3H2,1H3. The number of carbonyl (C=O) groups is 1. The third-order valence-electron chi connectivity index (χ3n) is 2.15. The lowest BCUT2D eigenvalue weighted by Crippen LogP contribution is -2.45. The summed E-state index contributed by atoms with van der Waals surface area (Å²) in [5.74, 6) is -0.110. The minimum Gasteiger partial charge on any atom is -0.331 e. The lowest BCUT2D eigenvalue weighted by Gasteiger charge is -2.30. The number of hydrogen-bond acceptors (Lipinski definition) is 4. The van der Waals surface area contributed by atoms with Gasteiger partial charge in [-0.25, -0.2) is 0 Å². The van der Waals surface area contributed by atoms with Gasteiger partial charge in [0.15, 0.2) is 0 Å². The average Bonchev–Trinajstić information content (AvgIpc) is 2.29. The maximum Gasteiger partial charge on any atom is 0.237 e. The van der Waals surface area contributed by atoms with E-state index in [0.29, 0.717) is 6.54 Å². The number of rotatable bonds is 1. The van der Waals surface area contributed by atoms with Crippen LogP contribution in [-0.2, 0) is 4.79 Å². The van der Waals surface area contributed by atoms with Crippen LogP contribution in [0, 0.1) is 11.3 Å². The topological polar surface area (TPSA) is 96.1 Å². The van der Waals surface area contributed by atoms with Gasteiger partial charge < -0.3 is 16.4 Å². The van der Waals surface area contributed by atoms with E-state index in [4.69, 9.17) is 16.7 Å². The molecule has 1 unspecified atom stereocenters. The van der Waals surface area contributed by atoms with Crippen molar-refractivity contribution in [2.24, 2.45) is 11.5 Å². The van der Waals surface area contributed by atoms with Crippen molar-refractivity contribution in [3.8, 4) is 6.07 Å². The summed E-state index contributed by atoms with van der Waals surface area (Å²) in [7, 11) is 0. The van der Waals surface area contributed by atoms with Crippen molar-refractivity contribution < 1.29 is 4.79 Å². The number of piperidine rings is 1. The SMILES string of the molecule is CCN.N#CC1CCCCN1C(=O)CN. The molecule has 1 amide bonds. The summed E-state index contributed by atoms with van der Waals surface area (Å²) in [5, 5.41) is 8.72. The van der Waals surface area contributed by atoms with Gasteiger partial charge in [-0.2, -0.15) is 5.26 Å². The largest absolute Gasteiger partial charge is 0.331 e. The molecule has 0 radical (unpaired) electrons. The molecule has 0 bridgehead atoms. The first-order valence-corrected chi connectivity index (χ1v) is 5.30. The Morgan fingerprint density at radius 2 is 2.13 bits per heavy atom. The fraction of sp³-hybridized carbons (Fsp3) is 0.800. The van der Waals surface area contributed by atoms with E-state index in [9.17, 15) is 4.79 Å². The molecule has 0 aromatic carbocycles. The van der Waals surface area contributed by atoms with Gasteiger partial charge in [-0.05, 0) is 25.8 Å². The molecule has 4 N–H and O–H groups in total. The molecule has 0 spiro atoms. The van der Waals surface area contributed by atoms with Crippen LogP contribution in [0.2, 0.25) is 0 Å². The number of nitrogens with two attached hydrogens (primary N) is 2. The van der Waals surface area contributed by atoms with Gasteiger partial charge in [0.1, 0.15) is 6.04 Å². The summed E-state index contributed by atoms with van der Waals surface area (Å²) in [6.45, 7) is 3.35. The zero-order valence-corrected chi connectivity index (χ0v) is 9.28. The molecule has 0 aromatic heterocycles.